The molecule has 3 heteroatoms. The summed E-state index contributed by atoms with van der Waals surface area (Å²) in [5.41, 5.74) is 2.61. The van der Waals surface area contributed by atoms with E-state index in [2.05, 4.69) is 78.4 Å². The minimum absolute atomic E-state index is 0.350. The van der Waals surface area contributed by atoms with Crippen LogP contribution in [-0.4, -0.2) is 13.2 Å². The third kappa shape index (κ3) is 1.50. The summed E-state index contributed by atoms with van der Waals surface area (Å²) in [5.74, 6) is 0. The Labute approximate surface area is 122 Å². The first kappa shape index (κ1) is 11.8. The van der Waals surface area contributed by atoms with Crippen molar-refractivity contribution < 1.29 is 0 Å². The van der Waals surface area contributed by atoms with Crippen molar-refractivity contribution in [3.05, 3.63) is 54.6 Å². The van der Waals surface area contributed by atoms with Crippen molar-refractivity contribution in [2.24, 2.45) is 0 Å². The van der Waals surface area contributed by atoms with Crippen LogP contribution in [0, 0.1) is 0 Å². The smallest absolute Gasteiger partial charge is 0.118 e. The lowest BCUT2D eigenvalue weighted by molar-refractivity contribution is 0.737. The van der Waals surface area contributed by atoms with Gasteiger partial charge in [0.05, 0.1) is 5.69 Å². The topological polar surface area (TPSA) is 6.48 Å². The lowest BCUT2D eigenvalue weighted by atomic mass is 10.2. The molecule has 2 nitrogen and oxygen atoms in total. The molecule has 4 rings (SSSR count). The lowest BCUT2D eigenvalue weighted by Crippen LogP contribution is -2.35. The first-order chi connectivity index (χ1) is 9.77. The maximum Gasteiger partial charge on any atom is 0.118 e. The van der Waals surface area contributed by atoms with Gasteiger partial charge in [0.15, 0.2) is 0 Å². The Morgan fingerprint density at radius 2 is 1.65 bits per heavy atom. The van der Waals surface area contributed by atoms with Crippen molar-refractivity contribution in [3.8, 4) is 0 Å². The Bertz CT molecular complexity index is 763. The summed E-state index contributed by atoms with van der Waals surface area (Å²) in [6, 6.07) is 19.3. The second-order valence-corrected chi connectivity index (χ2v) is 6.23. The molecule has 0 amide bonds. The summed E-state index contributed by atoms with van der Waals surface area (Å²) in [6.45, 7) is 2.26. The van der Waals surface area contributed by atoms with Gasteiger partial charge in [-0.05, 0) is 25.1 Å². The van der Waals surface area contributed by atoms with Crippen molar-refractivity contribution in [1.29, 1.82) is 0 Å². The number of thiophene rings is 1. The summed E-state index contributed by atoms with van der Waals surface area (Å²) >= 11 is 1.88. The maximum absolute atomic E-state index is 2.44. The van der Waals surface area contributed by atoms with Gasteiger partial charge in [-0.2, -0.15) is 0 Å². The van der Waals surface area contributed by atoms with Gasteiger partial charge in [-0.15, -0.1) is 11.3 Å². The normalized spacial score (nSPS) is 17.8. The molecule has 0 N–H and O–H groups in total. The van der Waals surface area contributed by atoms with E-state index in [0.717, 1.165) is 0 Å². The molecule has 100 valence electrons. The van der Waals surface area contributed by atoms with Crippen molar-refractivity contribution in [3.63, 3.8) is 0 Å². The Balaban J connectivity index is 1.99. The van der Waals surface area contributed by atoms with Crippen LogP contribution in [0.2, 0.25) is 0 Å². The highest BCUT2D eigenvalue weighted by atomic mass is 32.1. The van der Waals surface area contributed by atoms with Crippen molar-refractivity contribution in [2.75, 3.05) is 16.8 Å². The minimum atomic E-state index is 0.350. The molecule has 0 fully saturated rings. The number of rotatable bonds is 1. The molecule has 0 saturated heterocycles. The van der Waals surface area contributed by atoms with Crippen LogP contribution >= 0.6 is 11.3 Å². The first-order valence-electron chi connectivity index (χ1n) is 6.86. The zero-order chi connectivity index (χ0) is 13.7. The van der Waals surface area contributed by atoms with E-state index in [1.54, 1.807) is 0 Å². The van der Waals surface area contributed by atoms with E-state index in [1.165, 1.54) is 26.5 Å². The van der Waals surface area contributed by atoms with Crippen LogP contribution in [-0.2, 0) is 0 Å². The summed E-state index contributed by atoms with van der Waals surface area (Å²) in [4.78, 5) is 4.81. The van der Waals surface area contributed by atoms with E-state index in [-0.39, 0.29) is 0 Å². The number of para-hydroxylation sites is 1. The van der Waals surface area contributed by atoms with Gasteiger partial charge >= 0.3 is 0 Å². The fraction of sp³-hybridized carbons (Fsp3) is 0.176. The molecule has 0 aliphatic carbocycles. The molecule has 20 heavy (non-hydrogen) atoms. The third-order valence-corrected chi connectivity index (χ3v) is 5.33. The average Bonchev–Trinajstić information content (AvgIpc) is 2.97. The zero-order valence-corrected chi connectivity index (χ0v) is 12.4. The van der Waals surface area contributed by atoms with E-state index in [9.17, 15) is 0 Å². The van der Waals surface area contributed by atoms with Crippen LogP contribution in [0.25, 0.3) is 10.1 Å². The average molecular weight is 280 g/mol. The molecule has 0 spiro atoms. The zero-order valence-electron chi connectivity index (χ0n) is 11.6. The Kier molecular flexibility index (Phi) is 2.51. The molecule has 0 radical (unpaired) electrons. The highest BCUT2D eigenvalue weighted by Gasteiger charge is 2.34. The van der Waals surface area contributed by atoms with Crippen LogP contribution in [0.5, 0.6) is 0 Å². The van der Waals surface area contributed by atoms with Gasteiger partial charge in [-0.25, -0.2) is 0 Å². The lowest BCUT2D eigenvalue weighted by Gasteiger charge is -2.28. The molecular formula is C17H16N2S. The number of anilines is 3. The van der Waals surface area contributed by atoms with Gasteiger partial charge < -0.3 is 9.80 Å². The predicted octanol–water partition coefficient (Wildman–Crippen LogP) is 4.84. The fourth-order valence-electron chi connectivity index (χ4n) is 2.95. The highest BCUT2D eigenvalue weighted by Crippen LogP contribution is 2.52. The summed E-state index contributed by atoms with van der Waals surface area (Å²) in [6.07, 6.45) is 0.350. The Hall–Kier alpha value is -2.00. The molecule has 3 aromatic rings. The second kappa shape index (κ2) is 4.25. The molecule has 1 aliphatic rings. The van der Waals surface area contributed by atoms with Crippen LogP contribution in [0.4, 0.5) is 16.4 Å². The molecule has 1 aromatic heterocycles. The monoisotopic (exact) mass is 280 g/mol. The summed E-state index contributed by atoms with van der Waals surface area (Å²) in [5, 5.41) is 2.72. The largest absolute Gasteiger partial charge is 0.344 e. The molecule has 0 saturated carbocycles. The van der Waals surface area contributed by atoms with Gasteiger partial charge in [0, 0.05) is 22.8 Å². The van der Waals surface area contributed by atoms with E-state index in [1.807, 2.05) is 11.3 Å². The number of nitrogens with zero attached hydrogens (tertiary/aromatic N) is 2. The quantitative estimate of drug-likeness (QED) is 0.629. The molecule has 1 aliphatic heterocycles. The fourth-order valence-corrected chi connectivity index (χ4v) is 4.19. The number of fused-ring (bicyclic) bond motifs is 3. The van der Waals surface area contributed by atoms with Crippen molar-refractivity contribution >= 4 is 37.8 Å². The molecular weight excluding hydrogens is 264 g/mol. The second-order valence-electron chi connectivity index (χ2n) is 5.20. The highest BCUT2D eigenvalue weighted by molar-refractivity contribution is 7.23. The molecule has 1 unspecified atom stereocenters. The van der Waals surface area contributed by atoms with E-state index < -0.39 is 0 Å². The third-order valence-electron chi connectivity index (χ3n) is 4.08. The molecule has 2 heterocycles. The van der Waals surface area contributed by atoms with E-state index >= 15 is 0 Å². The maximum atomic E-state index is 2.44. The molecule has 0 bridgehead atoms. The SMILES string of the molecule is CC1N(C)c2sc3ccccc3c2N1c1ccccc1. The van der Waals surface area contributed by atoms with Crippen molar-refractivity contribution in [1.82, 2.24) is 0 Å². The molecule has 1 atom stereocenters. The Morgan fingerprint density at radius 1 is 0.950 bits per heavy atom. The summed E-state index contributed by atoms with van der Waals surface area (Å²) in [7, 11) is 2.18. The number of hydrogen-bond donors (Lipinski definition) is 0. The standard InChI is InChI=1S/C17H16N2S/c1-12-18(2)17-16(14-10-6-7-11-15(14)20-17)19(12)13-8-4-3-5-9-13/h3-12H,1-2H3. The van der Waals surface area contributed by atoms with E-state index in [4.69, 9.17) is 0 Å². The van der Waals surface area contributed by atoms with E-state index in [0.29, 0.717) is 6.17 Å². The predicted molar refractivity (Wildman–Crippen MR) is 88.3 cm³/mol. The summed E-state index contributed by atoms with van der Waals surface area (Å²) < 4.78 is 1.36. The number of benzene rings is 2. The first-order valence-corrected chi connectivity index (χ1v) is 7.67. The van der Waals surface area contributed by atoms with Gasteiger partial charge in [0.1, 0.15) is 11.2 Å². The minimum Gasteiger partial charge on any atom is -0.344 e. The van der Waals surface area contributed by atoms with Gasteiger partial charge in [0.25, 0.3) is 0 Å². The van der Waals surface area contributed by atoms with Gasteiger partial charge in [-0.1, -0.05) is 36.4 Å². The van der Waals surface area contributed by atoms with Crippen LogP contribution in [0.1, 0.15) is 6.92 Å². The number of hydrogen-bond acceptors (Lipinski definition) is 3. The molecule has 2 aromatic carbocycles. The Morgan fingerprint density at radius 3 is 2.45 bits per heavy atom. The van der Waals surface area contributed by atoms with Gasteiger partial charge in [0.2, 0.25) is 0 Å². The van der Waals surface area contributed by atoms with Crippen LogP contribution < -0.4 is 9.80 Å². The van der Waals surface area contributed by atoms with Crippen molar-refractivity contribution in [2.45, 2.75) is 13.1 Å². The van der Waals surface area contributed by atoms with Gasteiger partial charge in [-0.3, -0.25) is 0 Å². The van der Waals surface area contributed by atoms with Crippen LogP contribution in [0.15, 0.2) is 54.6 Å². The van der Waals surface area contributed by atoms with Crippen LogP contribution in [0.3, 0.4) is 0 Å².